The van der Waals surface area contributed by atoms with Gasteiger partial charge in [0.05, 0.1) is 10.5 Å². The zero-order valence-corrected chi connectivity index (χ0v) is 8.74. The van der Waals surface area contributed by atoms with Crippen LogP contribution in [0.25, 0.3) is 5.52 Å². The van der Waals surface area contributed by atoms with Gasteiger partial charge in [0.2, 0.25) is 0 Å². The molecule has 2 aromatic rings. The molecule has 1 fully saturated rings. The van der Waals surface area contributed by atoms with Crippen LogP contribution in [0.15, 0.2) is 18.3 Å². The molecule has 76 valence electrons. The van der Waals surface area contributed by atoms with E-state index in [0.717, 1.165) is 30.5 Å². The third kappa shape index (κ3) is 1.35. The summed E-state index contributed by atoms with van der Waals surface area (Å²) in [5.74, 6) is 1.47. The van der Waals surface area contributed by atoms with Gasteiger partial charge >= 0.3 is 0 Å². The van der Waals surface area contributed by atoms with Gasteiger partial charge in [-0.2, -0.15) is 0 Å². The van der Waals surface area contributed by atoms with Crippen molar-refractivity contribution < 1.29 is 4.79 Å². The highest BCUT2D eigenvalue weighted by Crippen LogP contribution is 2.40. The molecule has 0 unspecified atom stereocenters. The Bertz CT molecular complexity index is 543. The van der Waals surface area contributed by atoms with Crippen LogP contribution < -0.4 is 0 Å². The molecule has 15 heavy (non-hydrogen) atoms. The Hall–Kier alpha value is -1.35. The maximum atomic E-state index is 10.9. The number of imidazole rings is 1. The Balaban J connectivity index is 2.33. The summed E-state index contributed by atoms with van der Waals surface area (Å²) >= 11 is 5.93. The average Bonchev–Trinajstić information content (AvgIpc) is 3.00. The quantitative estimate of drug-likeness (QED) is 0.730. The van der Waals surface area contributed by atoms with Gasteiger partial charge in [-0.15, -0.1) is 0 Å². The predicted octanol–water partition coefficient (Wildman–Crippen LogP) is 2.68. The Labute approximate surface area is 91.7 Å². The molecule has 0 amide bonds. The Morgan fingerprint density at radius 2 is 2.27 bits per heavy atom. The number of halogens is 1. The number of fused-ring (bicyclic) bond motifs is 1. The third-order valence-electron chi connectivity index (χ3n) is 2.71. The van der Waals surface area contributed by atoms with Gasteiger partial charge in [0.25, 0.3) is 0 Å². The summed E-state index contributed by atoms with van der Waals surface area (Å²) < 4.78 is 1.93. The molecular weight excluding hydrogens is 212 g/mol. The molecule has 0 atom stereocenters. The van der Waals surface area contributed by atoms with Crippen LogP contribution in [0.3, 0.4) is 0 Å². The number of aldehydes is 1. The molecule has 3 rings (SSSR count). The fraction of sp³-hybridized carbons (Fsp3) is 0.273. The maximum Gasteiger partial charge on any atom is 0.170 e. The molecule has 0 saturated heterocycles. The molecule has 0 aromatic carbocycles. The molecule has 0 N–H and O–H groups in total. The van der Waals surface area contributed by atoms with Crippen LogP contribution in [0.2, 0.25) is 5.02 Å². The van der Waals surface area contributed by atoms with E-state index in [1.54, 1.807) is 6.07 Å². The smallest absolute Gasteiger partial charge is 0.170 e. The molecule has 1 aliphatic carbocycles. The summed E-state index contributed by atoms with van der Waals surface area (Å²) in [6.45, 7) is 0. The average molecular weight is 221 g/mol. The van der Waals surface area contributed by atoms with E-state index in [0.29, 0.717) is 16.6 Å². The minimum atomic E-state index is 0.504. The number of rotatable bonds is 2. The summed E-state index contributed by atoms with van der Waals surface area (Å²) in [6, 6.07) is 3.62. The van der Waals surface area contributed by atoms with Gasteiger partial charge in [0.15, 0.2) is 6.29 Å². The highest BCUT2D eigenvalue weighted by Gasteiger charge is 2.29. The third-order valence-corrected chi connectivity index (χ3v) is 2.93. The second-order valence-corrected chi connectivity index (χ2v) is 4.29. The summed E-state index contributed by atoms with van der Waals surface area (Å²) in [5.41, 5.74) is 1.35. The normalized spacial score (nSPS) is 15.8. The van der Waals surface area contributed by atoms with Gasteiger partial charge in [-0.3, -0.25) is 4.79 Å². The Kier molecular flexibility index (Phi) is 1.83. The van der Waals surface area contributed by atoms with E-state index < -0.39 is 0 Å². The molecule has 0 spiro atoms. The van der Waals surface area contributed by atoms with Crippen molar-refractivity contribution in [1.82, 2.24) is 9.38 Å². The number of hydrogen-bond donors (Lipinski definition) is 0. The standard InChI is InChI=1S/C11H9ClN2O/c12-8-3-4-10-9(6-15)13-11(7-1-2-7)14(10)5-8/h3-7H,1-2H2. The highest BCUT2D eigenvalue weighted by atomic mass is 35.5. The topological polar surface area (TPSA) is 34.4 Å². The predicted molar refractivity (Wildman–Crippen MR) is 57.6 cm³/mol. The van der Waals surface area contributed by atoms with Gasteiger partial charge < -0.3 is 4.40 Å². The maximum absolute atomic E-state index is 10.9. The lowest BCUT2D eigenvalue weighted by atomic mass is 10.3. The van der Waals surface area contributed by atoms with E-state index in [-0.39, 0.29) is 0 Å². The minimum absolute atomic E-state index is 0.504. The molecule has 0 aliphatic heterocycles. The van der Waals surface area contributed by atoms with Crippen LogP contribution in [0, 0.1) is 0 Å². The first kappa shape index (κ1) is 8.92. The Morgan fingerprint density at radius 1 is 1.47 bits per heavy atom. The molecule has 3 nitrogen and oxygen atoms in total. The van der Waals surface area contributed by atoms with Crippen molar-refractivity contribution in [1.29, 1.82) is 0 Å². The lowest BCUT2D eigenvalue weighted by Crippen LogP contribution is -1.91. The number of nitrogens with zero attached hydrogens (tertiary/aromatic N) is 2. The molecule has 4 heteroatoms. The van der Waals surface area contributed by atoms with Crippen molar-refractivity contribution in [3.05, 3.63) is 34.9 Å². The van der Waals surface area contributed by atoms with Crippen LogP contribution in [-0.2, 0) is 0 Å². The molecular formula is C11H9ClN2O. The van der Waals surface area contributed by atoms with E-state index >= 15 is 0 Å². The summed E-state index contributed by atoms with van der Waals surface area (Å²) in [4.78, 5) is 15.2. The van der Waals surface area contributed by atoms with Crippen molar-refractivity contribution in [2.24, 2.45) is 0 Å². The molecule has 1 saturated carbocycles. The second kappa shape index (κ2) is 3.07. The summed E-state index contributed by atoms with van der Waals surface area (Å²) in [7, 11) is 0. The van der Waals surface area contributed by atoms with E-state index in [1.807, 2.05) is 16.7 Å². The lowest BCUT2D eigenvalue weighted by molar-refractivity contribution is 0.112. The van der Waals surface area contributed by atoms with Gasteiger partial charge in [-0.05, 0) is 25.0 Å². The fourth-order valence-corrected chi connectivity index (χ4v) is 1.98. The van der Waals surface area contributed by atoms with E-state index in [2.05, 4.69) is 4.98 Å². The van der Waals surface area contributed by atoms with Crippen LogP contribution in [-0.4, -0.2) is 15.7 Å². The number of carbonyl (C=O) groups is 1. The van der Waals surface area contributed by atoms with Gasteiger partial charge in [0.1, 0.15) is 11.5 Å². The van der Waals surface area contributed by atoms with Crippen LogP contribution in [0.4, 0.5) is 0 Å². The number of aromatic nitrogens is 2. The zero-order chi connectivity index (χ0) is 10.4. The van der Waals surface area contributed by atoms with Crippen molar-refractivity contribution in [2.45, 2.75) is 18.8 Å². The first-order valence-electron chi connectivity index (χ1n) is 4.92. The molecule has 2 aromatic heterocycles. The van der Waals surface area contributed by atoms with Gasteiger partial charge in [0, 0.05) is 12.1 Å². The monoisotopic (exact) mass is 220 g/mol. The first-order valence-corrected chi connectivity index (χ1v) is 5.30. The van der Waals surface area contributed by atoms with Gasteiger partial charge in [-0.1, -0.05) is 11.6 Å². The lowest BCUT2D eigenvalue weighted by Gasteiger charge is -1.98. The number of carbonyl (C=O) groups excluding carboxylic acids is 1. The molecule has 2 heterocycles. The zero-order valence-electron chi connectivity index (χ0n) is 7.98. The Morgan fingerprint density at radius 3 is 2.93 bits per heavy atom. The molecule has 0 radical (unpaired) electrons. The van der Waals surface area contributed by atoms with E-state index in [9.17, 15) is 4.79 Å². The fourth-order valence-electron chi connectivity index (χ4n) is 1.82. The second-order valence-electron chi connectivity index (χ2n) is 3.85. The van der Waals surface area contributed by atoms with Crippen molar-refractivity contribution in [3.63, 3.8) is 0 Å². The van der Waals surface area contributed by atoms with E-state index in [1.165, 1.54) is 0 Å². The summed E-state index contributed by atoms with van der Waals surface area (Å²) in [6.07, 6.45) is 4.94. The summed E-state index contributed by atoms with van der Waals surface area (Å²) in [5, 5.41) is 0.666. The SMILES string of the molecule is O=Cc1nc(C2CC2)n2cc(Cl)ccc12. The van der Waals surface area contributed by atoms with Crippen molar-refractivity contribution >= 4 is 23.4 Å². The first-order chi connectivity index (χ1) is 7.29. The number of hydrogen-bond acceptors (Lipinski definition) is 2. The van der Waals surface area contributed by atoms with Gasteiger partial charge in [-0.25, -0.2) is 4.98 Å². The van der Waals surface area contributed by atoms with Crippen molar-refractivity contribution in [2.75, 3.05) is 0 Å². The van der Waals surface area contributed by atoms with Crippen LogP contribution >= 0.6 is 11.6 Å². The highest BCUT2D eigenvalue weighted by molar-refractivity contribution is 6.30. The van der Waals surface area contributed by atoms with Crippen LogP contribution in [0.1, 0.15) is 35.1 Å². The largest absolute Gasteiger partial charge is 0.301 e. The van der Waals surface area contributed by atoms with E-state index in [4.69, 9.17) is 11.6 Å². The molecule has 0 bridgehead atoms. The molecule has 1 aliphatic rings. The number of pyridine rings is 1. The van der Waals surface area contributed by atoms with Crippen LogP contribution in [0.5, 0.6) is 0 Å². The van der Waals surface area contributed by atoms with Crippen molar-refractivity contribution in [3.8, 4) is 0 Å². The minimum Gasteiger partial charge on any atom is -0.301 e.